The molecule has 0 aliphatic heterocycles. The highest BCUT2D eigenvalue weighted by Gasteiger charge is 2.18. The molecule has 27 heavy (non-hydrogen) atoms. The van der Waals surface area contributed by atoms with Crippen LogP contribution >= 0.6 is 0 Å². The minimum Gasteiger partial charge on any atom is -0.319 e. The lowest BCUT2D eigenvalue weighted by molar-refractivity contribution is 0.102. The number of carbonyl (C=O) groups is 1. The average Bonchev–Trinajstić information content (AvgIpc) is 2.70. The maximum atomic E-state index is 14.5. The number of carbonyl (C=O) groups excluding carboxylic acids is 1. The number of aromatic nitrogens is 1. The number of nitrogens with one attached hydrogen (secondary N) is 1. The summed E-state index contributed by atoms with van der Waals surface area (Å²) in [6.45, 7) is 0. The maximum absolute atomic E-state index is 14.5. The second-order valence-corrected chi connectivity index (χ2v) is 6.01. The highest BCUT2D eigenvalue weighted by atomic mass is 19.1. The number of pyridine rings is 1. The number of anilines is 1. The fourth-order valence-electron chi connectivity index (χ4n) is 3.03. The van der Waals surface area contributed by atoms with Crippen molar-refractivity contribution in [2.75, 3.05) is 5.32 Å². The van der Waals surface area contributed by atoms with Crippen molar-refractivity contribution in [2.24, 2.45) is 0 Å². The summed E-state index contributed by atoms with van der Waals surface area (Å²) >= 11 is 0. The molecular formula is C22H14F2N2O. The third kappa shape index (κ3) is 3.27. The third-order valence-corrected chi connectivity index (χ3v) is 4.27. The van der Waals surface area contributed by atoms with Crippen LogP contribution in [0.5, 0.6) is 0 Å². The molecule has 0 fully saturated rings. The van der Waals surface area contributed by atoms with E-state index >= 15 is 0 Å². The van der Waals surface area contributed by atoms with Gasteiger partial charge in [-0.3, -0.25) is 9.78 Å². The van der Waals surface area contributed by atoms with E-state index in [1.807, 2.05) is 0 Å². The second kappa shape index (κ2) is 6.96. The van der Waals surface area contributed by atoms with Gasteiger partial charge in [-0.2, -0.15) is 0 Å². The van der Waals surface area contributed by atoms with Crippen molar-refractivity contribution in [3.8, 4) is 11.1 Å². The Morgan fingerprint density at radius 1 is 0.889 bits per heavy atom. The lowest BCUT2D eigenvalue weighted by atomic mass is 10.0. The Bertz CT molecular complexity index is 1140. The zero-order valence-corrected chi connectivity index (χ0v) is 14.1. The van der Waals surface area contributed by atoms with Crippen LogP contribution in [-0.4, -0.2) is 10.9 Å². The van der Waals surface area contributed by atoms with Gasteiger partial charge in [-0.05, 0) is 29.8 Å². The Kier molecular flexibility index (Phi) is 4.34. The molecule has 132 valence electrons. The van der Waals surface area contributed by atoms with Crippen LogP contribution in [0.3, 0.4) is 0 Å². The van der Waals surface area contributed by atoms with Crippen LogP contribution in [0.15, 0.2) is 79.0 Å². The van der Waals surface area contributed by atoms with Crippen molar-refractivity contribution in [1.82, 2.24) is 4.98 Å². The van der Waals surface area contributed by atoms with E-state index in [0.717, 1.165) is 6.07 Å². The third-order valence-electron chi connectivity index (χ3n) is 4.27. The van der Waals surface area contributed by atoms with Crippen molar-refractivity contribution < 1.29 is 13.6 Å². The van der Waals surface area contributed by atoms with E-state index in [0.29, 0.717) is 22.0 Å². The van der Waals surface area contributed by atoms with E-state index in [9.17, 15) is 13.6 Å². The quantitative estimate of drug-likeness (QED) is 0.529. The van der Waals surface area contributed by atoms with Gasteiger partial charge in [0.2, 0.25) is 0 Å². The first-order valence-electron chi connectivity index (χ1n) is 8.33. The second-order valence-electron chi connectivity index (χ2n) is 6.01. The van der Waals surface area contributed by atoms with Crippen molar-refractivity contribution in [2.45, 2.75) is 0 Å². The zero-order chi connectivity index (χ0) is 18.8. The van der Waals surface area contributed by atoms with Crippen molar-refractivity contribution in [3.05, 3.63) is 96.2 Å². The first-order valence-corrected chi connectivity index (χ1v) is 8.33. The molecule has 3 aromatic carbocycles. The first kappa shape index (κ1) is 16.8. The summed E-state index contributed by atoms with van der Waals surface area (Å²) in [5.74, 6) is -2.03. The molecule has 0 atom stereocenters. The van der Waals surface area contributed by atoms with Gasteiger partial charge in [0.1, 0.15) is 11.6 Å². The Morgan fingerprint density at radius 2 is 1.70 bits per heavy atom. The van der Waals surface area contributed by atoms with Crippen LogP contribution in [0.1, 0.15) is 10.4 Å². The van der Waals surface area contributed by atoms with E-state index < -0.39 is 17.5 Å². The molecule has 0 aliphatic rings. The number of amides is 1. The fraction of sp³-hybridized carbons (Fsp3) is 0. The van der Waals surface area contributed by atoms with Gasteiger partial charge in [-0.1, -0.05) is 42.5 Å². The largest absolute Gasteiger partial charge is 0.319 e. The molecule has 0 saturated carbocycles. The molecule has 0 spiro atoms. The highest BCUT2D eigenvalue weighted by molar-refractivity contribution is 6.13. The van der Waals surface area contributed by atoms with Gasteiger partial charge in [0.05, 0.1) is 11.2 Å². The van der Waals surface area contributed by atoms with E-state index in [1.54, 1.807) is 66.9 Å². The van der Waals surface area contributed by atoms with Crippen molar-refractivity contribution in [3.63, 3.8) is 0 Å². The number of rotatable bonds is 3. The van der Waals surface area contributed by atoms with Crippen LogP contribution in [0.25, 0.3) is 22.0 Å². The van der Waals surface area contributed by atoms with Gasteiger partial charge in [-0.25, -0.2) is 8.78 Å². The number of benzene rings is 3. The summed E-state index contributed by atoms with van der Waals surface area (Å²) in [4.78, 5) is 17.1. The molecule has 1 heterocycles. The van der Waals surface area contributed by atoms with Gasteiger partial charge in [0.25, 0.3) is 5.91 Å². The monoisotopic (exact) mass is 360 g/mol. The number of halogens is 2. The van der Waals surface area contributed by atoms with E-state index in [4.69, 9.17) is 0 Å². The summed E-state index contributed by atoms with van der Waals surface area (Å²) < 4.78 is 28.3. The van der Waals surface area contributed by atoms with Gasteiger partial charge in [0, 0.05) is 28.8 Å². The predicted octanol–water partition coefficient (Wildman–Crippen LogP) is 5.43. The molecule has 4 rings (SSSR count). The molecule has 0 saturated heterocycles. The van der Waals surface area contributed by atoms with Crippen LogP contribution in [0.4, 0.5) is 14.5 Å². The van der Waals surface area contributed by atoms with Crippen LogP contribution < -0.4 is 5.32 Å². The maximum Gasteiger partial charge on any atom is 0.256 e. The zero-order valence-electron chi connectivity index (χ0n) is 14.1. The SMILES string of the molecule is O=C(Nc1c(F)cc(F)cc1-c1ccccc1)c1cccc2ncccc12. The molecule has 0 unspecified atom stereocenters. The number of hydrogen-bond acceptors (Lipinski definition) is 2. The molecule has 0 bridgehead atoms. The Labute approximate surface area is 154 Å². The van der Waals surface area contributed by atoms with E-state index in [1.165, 1.54) is 6.07 Å². The van der Waals surface area contributed by atoms with Gasteiger partial charge >= 0.3 is 0 Å². The smallest absolute Gasteiger partial charge is 0.256 e. The minimum absolute atomic E-state index is 0.0616. The van der Waals surface area contributed by atoms with Crippen molar-refractivity contribution in [1.29, 1.82) is 0 Å². The normalized spacial score (nSPS) is 10.7. The van der Waals surface area contributed by atoms with Crippen molar-refractivity contribution >= 4 is 22.5 Å². The summed E-state index contributed by atoms with van der Waals surface area (Å²) in [6, 6.07) is 19.4. The molecule has 1 amide bonds. The molecule has 3 nitrogen and oxygen atoms in total. The molecule has 5 heteroatoms. The Balaban J connectivity index is 1.79. The number of fused-ring (bicyclic) bond motifs is 1. The summed E-state index contributed by atoms with van der Waals surface area (Å²) in [5.41, 5.74) is 1.84. The summed E-state index contributed by atoms with van der Waals surface area (Å²) in [7, 11) is 0. The van der Waals surface area contributed by atoms with Gasteiger partial charge < -0.3 is 5.32 Å². The molecular weight excluding hydrogens is 346 g/mol. The minimum atomic E-state index is -0.833. The molecule has 0 radical (unpaired) electrons. The molecule has 1 N–H and O–H groups in total. The Morgan fingerprint density at radius 3 is 2.52 bits per heavy atom. The lowest BCUT2D eigenvalue weighted by Crippen LogP contribution is -2.14. The fourth-order valence-corrected chi connectivity index (χ4v) is 3.03. The van der Waals surface area contributed by atoms with E-state index in [-0.39, 0.29) is 11.3 Å². The topological polar surface area (TPSA) is 42.0 Å². The van der Waals surface area contributed by atoms with Crippen LogP contribution in [0.2, 0.25) is 0 Å². The molecule has 4 aromatic rings. The lowest BCUT2D eigenvalue weighted by Gasteiger charge is -2.14. The van der Waals surface area contributed by atoms with Crippen LogP contribution in [-0.2, 0) is 0 Å². The molecule has 1 aromatic heterocycles. The summed E-state index contributed by atoms with van der Waals surface area (Å²) in [6.07, 6.45) is 1.64. The predicted molar refractivity (Wildman–Crippen MR) is 101 cm³/mol. The number of nitrogens with zero attached hydrogens (tertiary/aromatic N) is 1. The van der Waals surface area contributed by atoms with E-state index in [2.05, 4.69) is 10.3 Å². The van der Waals surface area contributed by atoms with Gasteiger partial charge in [0.15, 0.2) is 0 Å². The Hall–Kier alpha value is -3.60. The summed E-state index contributed by atoms with van der Waals surface area (Å²) in [5, 5.41) is 3.26. The number of hydrogen-bond donors (Lipinski definition) is 1. The van der Waals surface area contributed by atoms with Gasteiger partial charge in [-0.15, -0.1) is 0 Å². The highest BCUT2D eigenvalue weighted by Crippen LogP contribution is 2.32. The first-order chi connectivity index (χ1) is 13.1. The average molecular weight is 360 g/mol. The van der Waals surface area contributed by atoms with Crippen LogP contribution in [0, 0.1) is 11.6 Å². The standard InChI is InChI=1S/C22H14F2N2O/c23-15-12-18(14-6-2-1-3-7-14)21(19(24)13-15)26-22(27)17-8-4-10-20-16(17)9-5-11-25-20/h1-13H,(H,26,27). The molecule has 0 aliphatic carbocycles.